The van der Waals surface area contributed by atoms with Crippen LogP contribution in [0.2, 0.25) is 0 Å². The van der Waals surface area contributed by atoms with Gasteiger partial charge in [-0.05, 0) is 49.6 Å². The van der Waals surface area contributed by atoms with Crippen molar-refractivity contribution in [2.75, 3.05) is 12.4 Å². The number of hydrogen-bond acceptors (Lipinski definition) is 4. The van der Waals surface area contributed by atoms with Crippen molar-refractivity contribution in [3.63, 3.8) is 0 Å². The summed E-state index contributed by atoms with van der Waals surface area (Å²) in [5, 5.41) is 2.78. The summed E-state index contributed by atoms with van der Waals surface area (Å²) < 4.78 is 23.7. The first-order valence-electron chi connectivity index (χ1n) is 8.20. The Morgan fingerprint density at radius 3 is 2.38 bits per heavy atom. The van der Waals surface area contributed by atoms with E-state index in [-0.39, 0.29) is 12.2 Å². The molecule has 26 heavy (non-hydrogen) atoms. The Bertz CT molecular complexity index is 799. The minimum Gasteiger partial charge on any atom is -0.494 e. The number of benzene rings is 2. The van der Waals surface area contributed by atoms with Gasteiger partial charge in [0.1, 0.15) is 0 Å². The predicted molar refractivity (Wildman–Crippen MR) is 96.8 cm³/mol. The zero-order chi connectivity index (χ0) is 19.3. The van der Waals surface area contributed by atoms with E-state index in [0.29, 0.717) is 11.3 Å². The monoisotopic (exact) mass is 359 g/mol. The fraction of sp³-hybridized carbons (Fsp3) is 0.300. The van der Waals surface area contributed by atoms with Crippen LogP contribution in [0.4, 0.5) is 10.1 Å². The number of para-hydroxylation sites is 1. The molecular weight excluding hydrogens is 337 g/mol. The van der Waals surface area contributed by atoms with Crippen LogP contribution >= 0.6 is 0 Å². The summed E-state index contributed by atoms with van der Waals surface area (Å²) in [5.74, 6) is -1.49. The number of halogens is 1. The molecule has 0 saturated heterocycles. The van der Waals surface area contributed by atoms with Crippen molar-refractivity contribution in [2.24, 2.45) is 0 Å². The molecular formula is C20H22FNO4. The number of rotatable bonds is 6. The van der Waals surface area contributed by atoms with Crippen LogP contribution in [0.3, 0.4) is 0 Å². The summed E-state index contributed by atoms with van der Waals surface area (Å²) in [6, 6.07) is 9.90. The number of carbonyl (C=O) groups excluding carboxylic acids is 2. The molecule has 0 fully saturated rings. The average Bonchev–Trinajstić information content (AvgIpc) is 2.58. The maximum absolute atomic E-state index is 13.7. The van der Waals surface area contributed by atoms with E-state index in [1.165, 1.54) is 26.2 Å². The zero-order valence-corrected chi connectivity index (χ0v) is 15.3. The van der Waals surface area contributed by atoms with Gasteiger partial charge in [-0.3, -0.25) is 9.59 Å². The summed E-state index contributed by atoms with van der Waals surface area (Å²) in [6.45, 7) is 5.27. The highest BCUT2D eigenvalue weighted by Gasteiger charge is 2.19. The van der Waals surface area contributed by atoms with Gasteiger partial charge < -0.3 is 14.8 Å². The fourth-order valence-electron chi connectivity index (χ4n) is 2.52. The summed E-state index contributed by atoms with van der Waals surface area (Å²) in [4.78, 5) is 24.3. The molecule has 1 unspecified atom stereocenters. The Hall–Kier alpha value is -2.89. The first kappa shape index (κ1) is 19.4. The second-order valence-corrected chi connectivity index (χ2v) is 6.03. The van der Waals surface area contributed by atoms with E-state index < -0.39 is 23.8 Å². The summed E-state index contributed by atoms with van der Waals surface area (Å²) in [5.41, 5.74) is 2.99. The second-order valence-electron chi connectivity index (χ2n) is 6.03. The summed E-state index contributed by atoms with van der Waals surface area (Å²) in [6.07, 6.45) is -1.10. The molecule has 0 saturated carbocycles. The third kappa shape index (κ3) is 4.81. The smallest absolute Gasteiger partial charge is 0.311 e. The quantitative estimate of drug-likeness (QED) is 0.801. The fourth-order valence-corrected chi connectivity index (χ4v) is 2.52. The zero-order valence-electron chi connectivity index (χ0n) is 15.3. The van der Waals surface area contributed by atoms with Crippen molar-refractivity contribution in [3.05, 3.63) is 58.9 Å². The van der Waals surface area contributed by atoms with E-state index in [1.54, 1.807) is 6.07 Å². The van der Waals surface area contributed by atoms with Crippen LogP contribution in [-0.2, 0) is 20.7 Å². The lowest BCUT2D eigenvalue weighted by molar-refractivity contribution is -0.152. The van der Waals surface area contributed by atoms with Crippen LogP contribution in [0.25, 0.3) is 0 Å². The number of methoxy groups -OCH3 is 1. The summed E-state index contributed by atoms with van der Waals surface area (Å²) >= 11 is 0. The molecule has 5 nitrogen and oxygen atoms in total. The van der Waals surface area contributed by atoms with Gasteiger partial charge in [-0.15, -0.1) is 0 Å². The molecule has 0 bridgehead atoms. The lowest BCUT2D eigenvalue weighted by Crippen LogP contribution is -2.31. The van der Waals surface area contributed by atoms with Crippen molar-refractivity contribution >= 4 is 17.6 Å². The lowest BCUT2D eigenvalue weighted by Gasteiger charge is -2.16. The molecule has 0 aliphatic heterocycles. The minimum absolute atomic E-state index is 0.100. The van der Waals surface area contributed by atoms with Gasteiger partial charge in [0.05, 0.1) is 13.5 Å². The van der Waals surface area contributed by atoms with Crippen LogP contribution in [0, 0.1) is 19.7 Å². The highest BCUT2D eigenvalue weighted by molar-refractivity contribution is 5.96. The maximum atomic E-state index is 13.7. The third-order valence-electron chi connectivity index (χ3n) is 3.97. The van der Waals surface area contributed by atoms with E-state index in [2.05, 4.69) is 5.32 Å². The van der Waals surface area contributed by atoms with E-state index >= 15 is 0 Å². The molecule has 0 aromatic heterocycles. The Morgan fingerprint density at radius 2 is 1.81 bits per heavy atom. The van der Waals surface area contributed by atoms with Gasteiger partial charge in [0.25, 0.3) is 5.91 Å². The molecule has 1 N–H and O–H groups in total. The van der Waals surface area contributed by atoms with Crippen molar-refractivity contribution < 1.29 is 23.5 Å². The lowest BCUT2D eigenvalue weighted by atomic mass is 10.1. The predicted octanol–water partition coefficient (Wildman–Crippen LogP) is 3.56. The van der Waals surface area contributed by atoms with Crippen molar-refractivity contribution in [1.82, 2.24) is 0 Å². The highest BCUT2D eigenvalue weighted by atomic mass is 19.1. The Balaban J connectivity index is 1.96. The minimum atomic E-state index is -0.968. The van der Waals surface area contributed by atoms with Gasteiger partial charge in [0.2, 0.25) is 0 Å². The molecule has 2 aromatic carbocycles. The second kappa shape index (κ2) is 8.47. The number of nitrogens with one attached hydrogen (secondary N) is 1. The SMILES string of the molecule is COc1ccc(CC(=O)OC(C)C(=O)Nc2c(C)cccc2C)cc1F. The molecule has 0 spiro atoms. The van der Waals surface area contributed by atoms with Gasteiger partial charge in [0.15, 0.2) is 17.7 Å². The number of amides is 1. The standard InChI is InChI=1S/C20H22FNO4/c1-12-6-5-7-13(2)19(12)22-20(24)14(3)26-18(23)11-15-8-9-17(25-4)16(21)10-15/h5-10,14H,11H2,1-4H3,(H,22,24). The number of ether oxygens (including phenoxy) is 2. The van der Waals surface area contributed by atoms with Crippen LogP contribution in [0.15, 0.2) is 36.4 Å². The molecule has 2 rings (SSSR count). The molecule has 0 aliphatic carbocycles. The topological polar surface area (TPSA) is 64.6 Å². The van der Waals surface area contributed by atoms with E-state index in [4.69, 9.17) is 9.47 Å². The molecule has 1 amide bonds. The summed E-state index contributed by atoms with van der Waals surface area (Å²) in [7, 11) is 1.36. The van der Waals surface area contributed by atoms with Crippen molar-refractivity contribution in [3.8, 4) is 5.75 Å². The molecule has 0 radical (unpaired) electrons. The highest BCUT2D eigenvalue weighted by Crippen LogP contribution is 2.20. The van der Waals surface area contributed by atoms with E-state index in [9.17, 15) is 14.0 Å². The van der Waals surface area contributed by atoms with Gasteiger partial charge in [-0.2, -0.15) is 0 Å². The normalized spacial score (nSPS) is 11.6. The molecule has 0 heterocycles. The van der Waals surface area contributed by atoms with Crippen molar-refractivity contribution in [2.45, 2.75) is 33.3 Å². The van der Waals surface area contributed by atoms with Gasteiger partial charge >= 0.3 is 5.97 Å². The Morgan fingerprint density at radius 1 is 1.15 bits per heavy atom. The van der Waals surface area contributed by atoms with E-state index in [1.807, 2.05) is 32.0 Å². The average molecular weight is 359 g/mol. The largest absolute Gasteiger partial charge is 0.494 e. The number of esters is 1. The van der Waals surface area contributed by atoms with Gasteiger partial charge in [-0.25, -0.2) is 4.39 Å². The Kier molecular flexibility index (Phi) is 6.33. The van der Waals surface area contributed by atoms with Crippen LogP contribution in [0.1, 0.15) is 23.6 Å². The van der Waals surface area contributed by atoms with Crippen LogP contribution in [-0.4, -0.2) is 25.1 Å². The number of anilines is 1. The molecule has 138 valence electrons. The first-order chi connectivity index (χ1) is 12.3. The number of carbonyl (C=O) groups is 2. The molecule has 6 heteroatoms. The molecule has 1 atom stereocenters. The van der Waals surface area contributed by atoms with Gasteiger partial charge in [0, 0.05) is 5.69 Å². The Labute approximate surface area is 152 Å². The van der Waals surface area contributed by atoms with Crippen molar-refractivity contribution in [1.29, 1.82) is 0 Å². The number of hydrogen-bond donors (Lipinski definition) is 1. The number of aryl methyl sites for hydroxylation is 2. The van der Waals surface area contributed by atoms with Crippen LogP contribution < -0.4 is 10.1 Å². The van der Waals surface area contributed by atoms with Gasteiger partial charge in [-0.1, -0.05) is 24.3 Å². The molecule has 2 aromatic rings. The van der Waals surface area contributed by atoms with Crippen LogP contribution in [0.5, 0.6) is 5.75 Å². The maximum Gasteiger partial charge on any atom is 0.311 e. The third-order valence-corrected chi connectivity index (χ3v) is 3.97. The van der Waals surface area contributed by atoms with E-state index in [0.717, 1.165) is 11.1 Å². The first-order valence-corrected chi connectivity index (χ1v) is 8.20. The molecule has 0 aliphatic rings.